The summed E-state index contributed by atoms with van der Waals surface area (Å²) in [6.07, 6.45) is 3.35. The number of carbonyl (C=O) groups is 2. The summed E-state index contributed by atoms with van der Waals surface area (Å²) in [5, 5.41) is 0. The van der Waals surface area contributed by atoms with Crippen LogP contribution in [0.25, 0.3) is 0 Å². The van der Waals surface area contributed by atoms with E-state index >= 15 is 0 Å². The monoisotopic (exact) mass is 372 g/mol. The fourth-order valence-corrected chi connectivity index (χ4v) is 2.50. The summed E-state index contributed by atoms with van der Waals surface area (Å²) in [6.45, 7) is 2.12. The number of pyridine rings is 1. The van der Waals surface area contributed by atoms with Crippen molar-refractivity contribution in [3.05, 3.63) is 54.4 Å². The van der Waals surface area contributed by atoms with Crippen LogP contribution >= 0.6 is 0 Å². The molecular weight excluding hydrogens is 348 g/mol. The number of esters is 1. The second-order valence-electron chi connectivity index (χ2n) is 6.03. The van der Waals surface area contributed by atoms with Crippen LogP contribution in [0.3, 0.4) is 0 Å². The van der Waals surface area contributed by atoms with E-state index in [0.717, 1.165) is 5.56 Å². The van der Waals surface area contributed by atoms with Gasteiger partial charge in [0.1, 0.15) is 11.5 Å². The van der Waals surface area contributed by atoms with Crippen molar-refractivity contribution in [2.24, 2.45) is 5.92 Å². The minimum atomic E-state index is -0.451. The molecule has 0 N–H and O–H groups in total. The van der Waals surface area contributed by atoms with Gasteiger partial charge in [0.15, 0.2) is 6.61 Å². The minimum Gasteiger partial charge on any atom is -0.497 e. The number of hydrogen-bond donors (Lipinski definition) is 0. The molecule has 0 fully saturated rings. The molecule has 1 atom stereocenters. The Morgan fingerprint density at radius 2 is 1.93 bits per heavy atom. The molecule has 0 saturated heterocycles. The third-order valence-electron chi connectivity index (χ3n) is 3.95. The molecule has 7 nitrogen and oxygen atoms in total. The smallest absolute Gasteiger partial charge is 0.310 e. The first-order chi connectivity index (χ1) is 13.0. The molecule has 1 aromatic heterocycles. The predicted octanol–water partition coefficient (Wildman–Crippen LogP) is 2.31. The van der Waals surface area contributed by atoms with Gasteiger partial charge in [0.05, 0.1) is 20.1 Å². The second-order valence-corrected chi connectivity index (χ2v) is 6.03. The van der Waals surface area contributed by atoms with Crippen LogP contribution in [0.4, 0.5) is 0 Å². The van der Waals surface area contributed by atoms with Gasteiger partial charge < -0.3 is 19.1 Å². The Labute approximate surface area is 158 Å². The van der Waals surface area contributed by atoms with E-state index in [2.05, 4.69) is 4.98 Å². The van der Waals surface area contributed by atoms with Crippen LogP contribution in [-0.2, 0) is 20.9 Å². The highest BCUT2D eigenvalue weighted by Crippen LogP contribution is 2.19. The van der Waals surface area contributed by atoms with Crippen molar-refractivity contribution in [3.8, 4) is 11.5 Å². The average Bonchev–Trinajstić information content (AvgIpc) is 2.71. The lowest BCUT2D eigenvalue weighted by Gasteiger charge is -2.25. The molecule has 7 heteroatoms. The lowest BCUT2D eigenvalue weighted by Crippen LogP contribution is -2.39. The predicted molar refractivity (Wildman–Crippen MR) is 99.3 cm³/mol. The number of benzene rings is 1. The Kier molecular flexibility index (Phi) is 7.61. The Bertz CT molecular complexity index is 751. The Hall–Kier alpha value is -3.09. The van der Waals surface area contributed by atoms with Crippen molar-refractivity contribution in [2.45, 2.75) is 13.5 Å². The van der Waals surface area contributed by atoms with Gasteiger partial charge in [0.25, 0.3) is 5.91 Å². The Morgan fingerprint density at radius 1 is 1.15 bits per heavy atom. The van der Waals surface area contributed by atoms with Gasteiger partial charge >= 0.3 is 5.97 Å². The molecule has 2 aromatic rings. The molecule has 0 aliphatic rings. The topological polar surface area (TPSA) is 78.0 Å². The molecule has 0 spiro atoms. The van der Waals surface area contributed by atoms with Gasteiger partial charge in [-0.25, -0.2) is 0 Å². The average molecular weight is 372 g/mol. The first kappa shape index (κ1) is 20.2. The number of nitrogens with zero attached hydrogens (tertiary/aromatic N) is 2. The molecule has 0 bridgehead atoms. The van der Waals surface area contributed by atoms with E-state index in [4.69, 9.17) is 14.2 Å². The summed E-state index contributed by atoms with van der Waals surface area (Å²) in [5.74, 6) is 0.120. The fourth-order valence-electron chi connectivity index (χ4n) is 2.50. The van der Waals surface area contributed by atoms with E-state index in [1.54, 1.807) is 61.7 Å². The van der Waals surface area contributed by atoms with Crippen LogP contribution in [0.15, 0.2) is 48.8 Å². The highest BCUT2D eigenvalue weighted by Gasteiger charge is 2.22. The second kappa shape index (κ2) is 10.2. The summed E-state index contributed by atoms with van der Waals surface area (Å²) in [6, 6.07) is 10.7. The summed E-state index contributed by atoms with van der Waals surface area (Å²) in [7, 11) is 2.89. The summed E-state index contributed by atoms with van der Waals surface area (Å²) in [4.78, 5) is 30.1. The first-order valence-corrected chi connectivity index (χ1v) is 8.55. The summed E-state index contributed by atoms with van der Waals surface area (Å²) >= 11 is 0. The molecular formula is C20H24N2O5. The molecule has 0 aliphatic heterocycles. The maximum atomic E-state index is 12.7. The molecule has 1 aromatic carbocycles. The maximum Gasteiger partial charge on any atom is 0.310 e. The zero-order chi connectivity index (χ0) is 19.6. The molecule has 0 saturated carbocycles. The largest absolute Gasteiger partial charge is 0.497 e. The summed E-state index contributed by atoms with van der Waals surface area (Å²) < 4.78 is 15.5. The van der Waals surface area contributed by atoms with Crippen LogP contribution in [-0.4, -0.2) is 49.1 Å². The Morgan fingerprint density at radius 3 is 2.59 bits per heavy atom. The number of aromatic nitrogens is 1. The standard InChI is InChI=1S/C20H24N2O5/c1-15(20(24)26-3)12-22(13-16-6-5-9-21-11-16)19(23)14-27-18-8-4-7-17(10-18)25-2/h4-11,15H,12-14H2,1-3H3. The van der Waals surface area contributed by atoms with Crippen LogP contribution < -0.4 is 9.47 Å². The van der Waals surface area contributed by atoms with E-state index in [1.807, 2.05) is 6.07 Å². The minimum absolute atomic E-state index is 0.151. The third-order valence-corrected chi connectivity index (χ3v) is 3.95. The number of methoxy groups -OCH3 is 2. The van der Waals surface area contributed by atoms with Gasteiger partial charge in [-0.3, -0.25) is 14.6 Å². The quantitative estimate of drug-likeness (QED) is 0.629. The highest BCUT2D eigenvalue weighted by molar-refractivity contribution is 5.79. The van der Waals surface area contributed by atoms with Gasteiger partial charge in [-0.1, -0.05) is 19.1 Å². The molecule has 144 valence electrons. The highest BCUT2D eigenvalue weighted by atomic mass is 16.5. The lowest BCUT2D eigenvalue weighted by atomic mass is 10.1. The van der Waals surface area contributed by atoms with Gasteiger partial charge in [-0.2, -0.15) is 0 Å². The number of rotatable bonds is 9. The van der Waals surface area contributed by atoms with Crippen molar-refractivity contribution in [3.63, 3.8) is 0 Å². The van der Waals surface area contributed by atoms with E-state index in [9.17, 15) is 9.59 Å². The van der Waals surface area contributed by atoms with E-state index in [-0.39, 0.29) is 25.0 Å². The van der Waals surface area contributed by atoms with Crippen LogP contribution in [0.1, 0.15) is 12.5 Å². The lowest BCUT2D eigenvalue weighted by molar-refractivity contribution is -0.147. The number of ether oxygens (including phenoxy) is 3. The molecule has 0 aliphatic carbocycles. The molecule has 27 heavy (non-hydrogen) atoms. The zero-order valence-corrected chi connectivity index (χ0v) is 15.8. The molecule has 1 unspecified atom stereocenters. The van der Waals surface area contributed by atoms with E-state index in [0.29, 0.717) is 18.0 Å². The normalized spacial score (nSPS) is 11.4. The maximum absolute atomic E-state index is 12.7. The molecule has 0 radical (unpaired) electrons. The number of carbonyl (C=O) groups excluding carboxylic acids is 2. The molecule has 1 amide bonds. The van der Waals surface area contributed by atoms with Crippen molar-refractivity contribution < 1.29 is 23.8 Å². The molecule has 2 rings (SSSR count). The van der Waals surface area contributed by atoms with E-state index < -0.39 is 5.92 Å². The van der Waals surface area contributed by atoms with Crippen molar-refractivity contribution >= 4 is 11.9 Å². The van der Waals surface area contributed by atoms with Crippen LogP contribution in [0.5, 0.6) is 11.5 Å². The van der Waals surface area contributed by atoms with Crippen molar-refractivity contribution in [1.29, 1.82) is 0 Å². The van der Waals surface area contributed by atoms with E-state index in [1.165, 1.54) is 7.11 Å². The van der Waals surface area contributed by atoms with Gasteiger partial charge in [0.2, 0.25) is 0 Å². The van der Waals surface area contributed by atoms with Crippen LogP contribution in [0, 0.1) is 5.92 Å². The van der Waals surface area contributed by atoms with Crippen molar-refractivity contribution in [1.82, 2.24) is 9.88 Å². The van der Waals surface area contributed by atoms with Gasteiger partial charge in [-0.15, -0.1) is 0 Å². The molecule has 1 heterocycles. The first-order valence-electron chi connectivity index (χ1n) is 8.55. The van der Waals surface area contributed by atoms with Crippen molar-refractivity contribution in [2.75, 3.05) is 27.4 Å². The number of hydrogen-bond acceptors (Lipinski definition) is 6. The third kappa shape index (κ3) is 6.29. The summed E-state index contributed by atoms with van der Waals surface area (Å²) in [5.41, 5.74) is 0.865. The Balaban J connectivity index is 2.05. The van der Waals surface area contributed by atoms with Gasteiger partial charge in [0, 0.05) is 31.5 Å². The SMILES string of the molecule is COC(=O)C(C)CN(Cc1cccnc1)C(=O)COc1cccc(OC)c1. The zero-order valence-electron chi connectivity index (χ0n) is 15.8. The van der Waals surface area contributed by atoms with Gasteiger partial charge in [-0.05, 0) is 23.8 Å². The number of amides is 1. The fraction of sp³-hybridized carbons (Fsp3) is 0.350. The van der Waals surface area contributed by atoms with Crippen LogP contribution in [0.2, 0.25) is 0 Å².